The maximum absolute atomic E-state index is 11.9. The minimum Gasteiger partial charge on any atom is -0.497 e. The van der Waals surface area contributed by atoms with Crippen LogP contribution in [0.3, 0.4) is 0 Å². The molecule has 1 aromatic carbocycles. The highest BCUT2D eigenvalue weighted by molar-refractivity contribution is 8.14. The topological polar surface area (TPSA) is 69.9 Å². The van der Waals surface area contributed by atoms with Crippen LogP contribution < -0.4 is 4.74 Å². The van der Waals surface area contributed by atoms with E-state index >= 15 is 0 Å². The van der Waals surface area contributed by atoms with Gasteiger partial charge in [0.05, 0.1) is 7.11 Å². The smallest absolute Gasteiger partial charge is 0.227 e. The number of aromatic nitrogens is 4. The Kier molecular flexibility index (Phi) is 3.38. The Morgan fingerprint density at radius 1 is 1.35 bits per heavy atom. The van der Waals surface area contributed by atoms with Crippen LogP contribution in [0.15, 0.2) is 29.4 Å². The molecule has 0 unspecified atom stereocenters. The van der Waals surface area contributed by atoms with Crippen LogP contribution >= 0.6 is 11.8 Å². The van der Waals surface area contributed by atoms with Crippen LogP contribution in [-0.4, -0.2) is 32.4 Å². The predicted molar refractivity (Wildman–Crippen MR) is 62.0 cm³/mol. The van der Waals surface area contributed by atoms with Gasteiger partial charge in [0.15, 0.2) is 0 Å². The van der Waals surface area contributed by atoms with Gasteiger partial charge in [-0.15, -0.1) is 5.10 Å². The summed E-state index contributed by atoms with van der Waals surface area (Å²) in [5, 5.41) is 11.2. The molecule has 0 aliphatic carbocycles. The molecule has 7 heteroatoms. The summed E-state index contributed by atoms with van der Waals surface area (Å²) in [6, 6.07) is 6.89. The van der Waals surface area contributed by atoms with Gasteiger partial charge in [-0.2, -0.15) is 0 Å². The van der Waals surface area contributed by atoms with E-state index in [0.717, 1.165) is 11.8 Å². The maximum Gasteiger partial charge on any atom is 0.227 e. The van der Waals surface area contributed by atoms with Crippen molar-refractivity contribution in [3.05, 3.63) is 29.8 Å². The number of methoxy groups -OCH3 is 1. The molecule has 2 aromatic rings. The van der Waals surface area contributed by atoms with Gasteiger partial charge in [0.2, 0.25) is 10.3 Å². The molecule has 0 atom stereocenters. The molecule has 0 aliphatic heterocycles. The second-order valence-electron chi connectivity index (χ2n) is 3.20. The third kappa shape index (κ3) is 2.62. The zero-order chi connectivity index (χ0) is 12.3. The molecular formula is C10H10N4O2S. The highest BCUT2D eigenvalue weighted by atomic mass is 32.2. The Hall–Kier alpha value is -1.89. The van der Waals surface area contributed by atoms with Crippen LogP contribution in [-0.2, 0) is 7.05 Å². The average Bonchev–Trinajstić information content (AvgIpc) is 2.75. The van der Waals surface area contributed by atoms with Crippen molar-refractivity contribution in [2.45, 2.75) is 5.16 Å². The molecule has 0 spiro atoms. The van der Waals surface area contributed by atoms with Crippen molar-refractivity contribution in [2.24, 2.45) is 7.05 Å². The summed E-state index contributed by atoms with van der Waals surface area (Å²) in [7, 11) is 3.26. The van der Waals surface area contributed by atoms with Gasteiger partial charge in [-0.1, -0.05) is 0 Å². The molecule has 1 heterocycles. The second-order valence-corrected chi connectivity index (χ2v) is 4.14. The van der Waals surface area contributed by atoms with Crippen LogP contribution in [0.2, 0.25) is 0 Å². The summed E-state index contributed by atoms with van der Waals surface area (Å²) in [5.74, 6) is 0.715. The fourth-order valence-corrected chi connectivity index (χ4v) is 1.84. The summed E-state index contributed by atoms with van der Waals surface area (Å²) in [4.78, 5) is 11.9. The number of aryl methyl sites for hydroxylation is 1. The number of rotatable bonds is 3. The lowest BCUT2D eigenvalue weighted by atomic mass is 10.2. The fraction of sp³-hybridized carbons (Fsp3) is 0.200. The minimum absolute atomic E-state index is 0.106. The standard InChI is InChI=1S/C10H10N4O2S/c1-14-10(11-12-13-14)17-9(15)7-3-5-8(16-2)6-4-7/h3-6H,1-2H3. The molecule has 88 valence electrons. The number of tetrazole rings is 1. The Bertz CT molecular complexity index is 523. The first-order chi connectivity index (χ1) is 8.20. The molecular weight excluding hydrogens is 240 g/mol. The fourth-order valence-electron chi connectivity index (χ4n) is 1.18. The molecule has 2 rings (SSSR count). The van der Waals surface area contributed by atoms with Gasteiger partial charge in [-0.05, 0) is 46.5 Å². The van der Waals surface area contributed by atoms with Crippen LogP contribution in [0.25, 0.3) is 0 Å². The van der Waals surface area contributed by atoms with Crippen molar-refractivity contribution in [2.75, 3.05) is 7.11 Å². The van der Waals surface area contributed by atoms with Crippen LogP contribution in [0, 0.1) is 0 Å². The molecule has 1 aromatic heterocycles. The summed E-state index contributed by atoms with van der Waals surface area (Å²) >= 11 is 0.991. The average molecular weight is 250 g/mol. The quantitative estimate of drug-likeness (QED) is 0.761. The highest BCUT2D eigenvalue weighted by Crippen LogP contribution is 2.21. The van der Waals surface area contributed by atoms with Crippen LogP contribution in [0.1, 0.15) is 10.4 Å². The first kappa shape index (κ1) is 11.6. The number of hydrogen-bond acceptors (Lipinski definition) is 6. The Morgan fingerprint density at radius 3 is 2.59 bits per heavy atom. The first-order valence-corrected chi connectivity index (χ1v) is 5.61. The van der Waals surface area contributed by atoms with E-state index in [1.54, 1.807) is 38.4 Å². The van der Waals surface area contributed by atoms with Gasteiger partial charge in [0, 0.05) is 12.6 Å². The predicted octanol–water partition coefficient (Wildman–Crippen LogP) is 1.15. The summed E-state index contributed by atoms with van der Waals surface area (Å²) in [6.45, 7) is 0. The summed E-state index contributed by atoms with van der Waals surface area (Å²) in [6.07, 6.45) is 0. The first-order valence-electron chi connectivity index (χ1n) is 4.79. The Labute approximate surface area is 102 Å². The molecule has 0 saturated carbocycles. The van der Waals surface area contributed by atoms with Crippen molar-refractivity contribution in [1.29, 1.82) is 0 Å². The normalized spacial score (nSPS) is 10.2. The van der Waals surface area contributed by atoms with Crippen molar-refractivity contribution in [3.8, 4) is 5.75 Å². The number of benzene rings is 1. The number of carbonyl (C=O) groups is 1. The molecule has 0 saturated heterocycles. The van der Waals surface area contributed by atoms with Gasteiger partial charge >= 0.3 is 0 Å². The van der Waals surface area contributed by atoms with Gasteiger partial charge in [0.1, 0.15) is 5.75 Å². The molecule has 0 amide bonds. The summed E-state index contributed by atoms with van der Waals surface area (Å²) < 4.78 is 6.47. The monoisotopic (exact) mass is 250 g/mol. The zero-order valence-electron chi connectivity index (χ0n) is 9.32. The Morgan fingerprint density at radius 2 is 2.06 bits per heavy atom. The largest absolute Gasteiger partial charge is 0.497 e. The van der Waals surface area contributed by atoms with E-state index < -0.39 is 0 Å². The second kappa shape index (κ2) is 4.96. The zero-order valence-corrected chi connectivity index (χ0v) is 10.1. The van der Waals surface area contributed by atoms with Gasteiger partial charge in [-0.3, -0.25) is 4.79 Å². The van der Waals surface area contributed by atoms with Crippen molar-refractivity contribution < 1.29 is 9.53 Å². The van der Waals surface area contributed by atoms with E-state index in [4.69, 9.17) is 4.74 Å². The molecule has 0 bridgehead atoms. The molecule has 17 heavy (non-hydrogen) atoms. The van der Waals surface area contributed by atoms with Crippen molar-refractivity contribution >= 4 is 16.9 Å². The van der Waals surface area contributed by atoms with Crippen LogP contribution in [0.4, 0.5) is 0 Å². The molecule has 0 fully saturated rings. The lowest BCUT2D eigenvalue weighted by molar-refractivity contribution is 0.108. The maximum atomic E-state index is 11.9. The Balaban J connectivity index is 2.12. The number of carbonyl (C=O) groups excluding carboxylic acids is 1. The number of nitrogens with zero attached hydrogens (tertiary/aromatic N) is 4. The van der Waals surface area contributed by atoms with E-state index in [0.29, 0.717) is 16.5 Å². The van der Waals surface area contributed by atoms with Crippen molar-refractivity contribution in [1.82, 2.24) is 20.2 Å². The van der Waals surface area contributed by atoms with Gasteiger partial charge in [-0.25, -0.2) is 4.68 Å². The number of hydrogen-bond donors (Lipinski definition) is 0. The third-order valence-corrected chi connectivity index (χ3v) is 3.04. The van der Waals surface area contributed by atoms with E-state index in [9.17, 15) is 4.79 Å². The molecule has 0 aliphatic rings. The van der Waals surface area contributed by atoms with E-state index in [2.05, 4.69) is 15.5 Å². The lowest BCUT2D eigenvalue weighted by Crippen LogP contribution is -1.98. The third-order valence-electron chi connectivity index (χ3n) is 2.09. The lowest BCUT2D eigenvalue weighted by Gasteiger charge is -2.01. The molecule has 0 N–H and O–H groups in total. The van der Waals surface area contributed by atoms with E-state index in [-0.39, 0.29) is 5.12 Å². The van der Waals surface area contributed by atoms with Crippen molar-refractivity contribution in [3.63, 3.8) is 0 Å². The number of thioether (sulfide) groups is 1. The molecule has 6 nitrogen and oxygen atoms in total. The van der Waals surface area contributed by atoms with E-state index in [1.807, 2.05) is 0 Å². The minimum atomic E-state index is -0.106. The SMILES string of the molecule is COc1ccc(C(=O)Sc2nnnn2C)cc1. The summed E-state index contributed by atoms with van der Waals surface area (Å²) in [5.41, 5.74) is 0.582. The van der Waals surface area contributed by atoms with Gasteiger partial charge < -0.3 is 4.74 Å². The van der Waals surface area contributed by atoms with E-state index in [1.165, 1.54) is 4.68 Å². The molecule has 0 radical (unpaired) electrons. The highest BCUT2D eigenvalue weighted by Gasteiger charge is 2.12. The van der Waals surface area contributed by atoms with Crippen LogP contribution in [0.5, 0.6) is 5.75 Å². The van der Waals surface area contributed by atoms with Gasteiger partial charge in [0.25, 0.3) is 0 Å². The number of ether oxygens (including phenoxy) is 1.